The van der Waals surface area contributed by atoms with Crippen molar-refractivity contribution >= 4 is 38.6 Å². The van der Waals surface area contributed by atoms with Gasteiger partial charge in [0.1, 0.15) is 16.8 Å². The van der Waals surface area contributed by atoms with Crippen molar-refractivity contribution in [3.63, 3.8) is 0 Å². The Morgan fingerprint density at radius 3 is 2.78 bits per heavy atom. The summed E-state index contributed by atoms with van der Waals surface area (Å²) >= 11 is 10.9. The molecule has 2 rings (SSSR count). The van der Waals surface area contributed by atoms with E-state index in [2.05, 4.69) is 0 Å². The second kappa shape index (κ2) is 5.03. The predicted octanol–water partition coefficient (Wildman–Crippen LogP) is 1.54. The fraction of sp³-hybridized carbons (Fsp3) is 0.364. The van der Waals surface area contributed by atoms with Gasteiger partial charge in [0.25, 0.3) is 0 Å². The second-order valence-electron chi connectivity index (χ2n) is 4.12. The zero-order valence-corrected chi connectivity index (χ0v) is 11.8. The highest BCUT2D eigenvalue weighted by Gasteiger charge is 2.30. The SMILES string of the molecule is NC(=S)c1c(Cl)cccc1OC1CCS(=O)(=O)C1. The van der Waals surface area contributed by atoms with Crippen molar-refractivity contribution in [1.29, 1.82) is 0 Å². The summed E-state index contributed by atoms with van der Waals surface area (Å²) in [6.07, 6.45) is 0.118. The molecule has 1 fully saturated rings. The molecule has 0 saturated carbocycles. The van der Waals surface area contributed by atoms with Crippen molar-refractivity contribution in [2.75, 3.05) is 11.5 Å². The lowest BCUT2D eigenvalue weighted by Gasteiger charge is -2.15. The van der Waals surface area contributed by atoms with Gasteiger partial charge in [-0.1, -0.05) is 29.9 Å². The zero-order chi connectivity index (χ0) is 13.3. The van der Waals surface area contributed by atoms with E-state index in [1.165, 1.54) is 0 Å². The summed E-state index contributed by atoms with van der Waals surface area (Å²) in [4.78, 5) is 0.136. The lowest BCUT2D eigenvalue weighted by atomic mass is 10.2. The van der Waals surface area contributed by atoms with Gasteiger partial charge in [0, 0.05) is 0 Å². The van der Waals surface area contributed by atoms with Gasteiger partial charge in [-0.25, -0.2) is 8.42 Å². The van der Waals surface area contributed by atoms with E-state index in [0.29, 0.717) is 22.8 Å². The van der Waals surface area contributed by atoms with Crippen LogP contribution in [0.5, 0.6) is 5.75 Å². The normalized spacial score (nSPS) is 21.7. The van der Waals surface area contributed by atoms with E-state index in [1.807, 2.05) is 0 Å². The predicted molar refractivity (Wildman–Crippen MR) is 75.0 cm³/mol. The first-order chi connectivity index (χ1) is 8.39. The molecule has 1 aliphatic rings. The van der Waals surface area contributed by atoms with Crippen molar-refractivity contribution < 1.29 is 13.2 Å². The van der Waals surface area contributed by atoms with E-state index >= 15 is 0 Å². The van der Waals surface area contributed by atoms with Crippen LogP contribution in [0.25, 0.3) is 0 Å². The molecule has 0 aliphatic carbocycles. The number of hydrogen-bond acceptors (Lipinski definition) is 4. The maximum Gasteiger partial charge on any atom is 0.154 e. The Labute approximate surface area is 116 Å². The summed E-state index contributed by atoms with van der Waals surface area (Å²) in [5.74, 6) is 0.619. The fourth-order valence-corrected chi connectivity index (χ4v) is 4.00. The standard InChI is InChI=1S/C11H12ClNO3S2/c12-8-2-1-3-9(10(8)11(13)17)16-7-4-5-18(14,15)6-7/h1-3,7H,4-6H2,(H2,13,17). The summed E-state index contributed by atoms with van der Waals surface area (Å²) in [5.41, 5.74) is 6.05. The van der Waals surface area contributed by atoms with Gasteiger partial charge in [-0.2, -0.15) is 0 Å². The molecule has 18 heavy (non-hydrogen) atoms. The number of benzene rings is 1. The molecule has 7 heteroatoms. The highest BCUT2D eigenvalue weighted by Crippen LogP contribution is 2.29. The third-order valence-corrected chi connectivity index (χ3v) is 4.96. The highest BCUT2D eigenvalue weighted by molar-refractivity contribution is 7.91. The minimum absolute atomic E-state index is 0.0241. The van der Waals surface area contributed by atoms with Crippen LogP contribution in [0.1, 0.15) is 12.0 Å². The molecule has 2 N–H and O–H groups in total. The number of nitrogens with two attached hydrogens (primary N) is 1. The number of rotatable bonds is 3. The third-order valence-electron chi connectivity index (χ3n) is 2.71. The van der Waals surface area contributed by atoms with Gasteiger partial charge in [-0.3, -0.25) is 0 Å². The molecule has 1 aromatic carbocycles. The van der Waals surface area contributed by atoms with Gasteiger partial charge in [0.05, 0.1) is 22.1 Å². The van der Waals surface area contributed by atoms with Gasteiger partial charge in [0.15, 0.2) is 9.84 Å². The summed E-state index contributed by atoms with van der Waals surface area (Å²) in [6.45, 7) is 0. The Morgan fingerprint density at radius 2 is 2.22 bits per heavy atom. The van der Waals surface area contributed by atoms with Crippen molar-refractivity contribution in [2.45, 2.75) is 12.5 Å². The lowest BCUT2D eigenvalue weighted by molar-refractivity contribution is 0.228. The molecule has 4 nitrogen and oxygen atoms in total. The monoisotopic (exact) mass is 305 g/mol. The number of ether oxygens (including phenoxy) is 1. The molecule has 0 spiro atoms. The molecule has 0 amide bonds. The summed E-state index contributed by atoms with van der Waals surface area (Å²) < 4.78 is 28.4. The fourth-order valence-electron chi connectivity index (χ4n) is 1.88. The molecule has 98 valence electrons. The van der Waals surface area contributed by atoms with E-state index in [9.17, 15) is 8.42 Å². The van der Waals surface area contributed by atoms with Gasteiger partial charge < -0.3 is 10.5 Å². The Morgan fingerprint density at radius 1 is 1.50 bits per heavy atom. The Kier molecular flexibility index (Phi) is 3.79. The molecular weight excluding hydrogens is 294 g/mol. The van der Waals surface area contributed by atoms with Crippen LogP contribution in [0, 0.1) is 0 Å². The van der Waals surface area contributed by atoms with Gasteiger partial charge in [-0.05, 0) is 18.6 Å². The van der Waals surface area contributed by atoms with Gasteiger partial charge >= 0.3 is 0 Å². The van der Waals surface area contributed by atoms with Crippen LogP contribution in [-0.2, 0) is 9.84 Å². The van der Waals surface area contributed by atoms with E-state index in [0.717, 1.165) is 0 Å². The average Bonchev–Trinajstić information content (AvgIpc) is 2.57. The summed E-state index contributed by atoms with van der Waals surface area (Å²) in [7, 11) is -2.98. The lowest BCUT2D eigenvalue weighted by Crippen LogP contribution is -2.20. The van der Waals surface area contributed by atoms with Gasteiger partial charge in [-0.15, -0.1) is 0 Å². The zero-order valence-electron chi connectivity index (χ0n) is 9.43. The van der Waals surface area contributed by atoms with E-state index in [4.69, 9.17) is 34.3 Å². The third kappa shape index (κ3) is 2.93. The van der Waals surface area contributed by atoms with Crippen LogP contribution in [0.15, 0.2) is 18.2 Å². The molecule has 1 unspecified atom stereocenters. The van der Waals surface area contributed by atoms with E-state index in [1.54, 1.807) is 18.2 Å². The molecule has 1 aromatic rings. The molecular formula is C11H12ClNO3S2. The minimum atomic E-state index is -2.98. The van der Waals surface area contributed by atoms with Crippen LogP contribution in [0.3, 0.4) is 0 Å². The number of sulfone groups is 1. The molecule has 1 heterocycles. The molecule has 0 radical (unpaired) electrons. The van der Waals surface area contributed by atoms with Crippen LogP contribution in [0.2, 0.25) is 5.02 Å². The van der Waals surface area contributed by atoms with Crippen LogP contribution in [0.4, 0.5) is 0 Å². The Balaban J connectivity index is 2.25. The topological polar surface area (TPSA) is 69.4 Å². The maximum absolute atomic E-state index is 11.4. The second-order valence-corrected chi connectivity index (χ2v) is 7.20. The number of halogens is 1. The minimum Gasteiger partial charge on any atom is -0.489 e. The van der Waals surface area contributed by atoms with Crippen molar-refractivity contribution in [1.82, 2.24) is 0 Å². The maximum atomic E-state index is 11.4. The number of thiocarbonyl (C=S) groups is 1. The Bertz CT molecular complexity index is 586. The molecule has 1 saturated heterocycles. The first-order valence-electron chi connectivity index (χ1n) is 5.34. The Hall–Kier alpha value is -0.850. The first kappa shape index (κ1) is 13.6. The molecule has 0 bridgehead atoms. The van der Waals surface area contributed by atoms with E-state index < -0.39 is 9.84 Å². The molecule has 1 aliphatic heterocycles. The summed E-state index contributed by atoms with van der Waals surface area (Å²) in [6, 6.07) is 5.06. The van der Waals surface area contributed by atoms with Crippen LogP contribution < -0.4 is 10.5 Å². The molecule has 1 atom stereocenters. The quantitative estimate of drug-likeness (QED) is 0.858. The first-order valence-corrected chi connectivity index (χ1v) is 7.95. The van der Waals surface area contributed by atoms with Crippen molar-refractivity contribution in [3.8, 4) is 5.75 Å². The van der Waals surface area contributed by atoms with Crippen molar-refractivity contribution in [3.05, 3.63) is 28.8 Å². The molecule has 0 aromatic heterocycles. The van der Waals surface area contributed by atoms with Gasteiger partial charge in [0.2, 0.25) is 0 Å². The number of hydrogen-bond donors (Lipinski definition) is 1. The highest BCUT2D eigenvalue weighted by atomic mass is 35.5. The van der Waals surface area contributed by atoms with Crippen molar-refractivity contribution in [2.24, 2.45) is 5.73 Å². The van der Waals surface area contributed by atoms with Crippen LogP contribution in [-0.4, -0.2) is 31.0 Å². The van der Waals surface area contributed by atoms with E-state index in [-0.39, 0.29) is 22.6 Å². The van der Waals surface area contributed by atoms with Crippen LogP contribution >= 0.6 is 23.8 Å². The largest absolute Gasteiger partial charge is 0.489 e. The smallest absolute Gasteiger partial charge is 0.154 e. The average molecular weight is 306 g/mol. The summed E-state index contributed by atoms with van der Waals surface area (Å²) in [5, 5.41) is 0.404.